The van der Waals surface area contributed by atoms with Crippen LogP contribution in [0.1, 0.15) is 57.4 Å². The summed E-state index contributed by atoms with van der Waals surface area (Å²) < 4.78 is 4.82. The molecule has 2 aliphatic rings. The normalized spacial score (nSPS) is 20.9. The van der Waals surface area contributed by atoms with E-state index in [9.17, 15) is 24.5 Å². The maximum Gasteiger partial charge on any atom is 0.329 e. The monoisotopic (exact) mass is 676 g/mol. The third-order valence-corrected chi connectivity index (χ3v) is 5.61. The summed E-state index contributed by atoms with van der Waals surface area (Å²) in [5.41, 5.74) is 12.3. The van der Waals surface area contributed by atoms with E-state index in [4.69, 9.17) is 16.2 Å². The summed E-state index contributed by atoms with van der Waals surface area (Å²) in [7, 11) is 0. The number of nitro groups is 1. The summed E-state index contributed by atoms with van der Waals surface area (Å²) in [5, 5.41) is 10.6. The number of aryl methyl sites for hydroxylation is 1. The second-order valence-electron chi connectivity index (χ2n) is 8.22. The Hall–Kier alpha value is -2.30. The molecule has 1 saturated carbocycles. The Balaban J connectivity index is 0. The number of cyclic esters (lactones) is 1. The van der Waals surface area contributed by atoms with Gasteiger partial charge in [-0.25, -0.2) is 0 Å². The van der Waals surface area contributed by atoms with Gasteiger partial charge in [0, 0.05) is 57.8 Å². The van der Waals surface area contributed by atoms with Crippen molar-refractivity contribution in [2.24, 2.45) is 17.4 Å². The summed E-state index contributed by atoms with van der Waals surface area (Å²) in [6.45, 7) is 1.49. The number of nitrogens with two attached hydrogens (primary N) is 2. The van der Waals surface area contributed by atoms with E-state index in [2.05, 4.69) is 0 Å². The number of Topliss-reactive ketones (excluding diaryl/α,β-unsaturated/α-hetero) is 1. The number of carbonyl (C=O) groups excluding carboxylic acids is 3. The van der Waals surface area contributed by atoms with Gasteiger partial charge in [0.1, 0.15) is 5.76 Å². The van der Waals surface area contributed by atoms with Crippen molar-refractivity contribution < 1.29 is 56.1 Å². The molecule has 1 aliphatic carbocycles. The Kier molecular flexibility index (Phi) is 17.1. The zero-order chi connectivity index (χ0) is 23.7. The van der Waals surface area contributed by atoms with Gasteiger partial charge in [0.2, 0.25) is 0 Å². The molecular weight excluding hydrogens is 641 g/mol. The average Bonchev–Trinajstić information content (AvgIpc) is 2.73. The van der Waals surface area contributed by atoms with Crippen molar-refractivity contribution >= 4 is 23.2 Å². The van der Waals surface area contributed by atoms with Crippen molar-refractivity contribution in [2.45, 2.75) is 70.4 Å². The van der Waals surface area contributed by atoms with Crippen molar-refractivity contribution in [3.05, 3.63) is 51.8 Å². The molecule has 0 aromatic heterocycles. The van der Waals surface area contributed by atoms with Crippen LogP contribution < -0.4 is 11.5 Å². The fourth-order valence-electron chi connectivity index (χ4n) is 3.68. The summed E-state index contributed by atoms with van der Waals surface area (Å²) in [5.74, 6) is -2.90. The summed E-state index contributed by atoms with van der Waals surface area (Å²) >= 11 is 0. The number of hydrogen-bond acceptors (Lipinski definition) is 8. The third kappa shape index (κ3) is 11.3. The Morgan fingerprint density at radius 1 is 1.06 bits per heavy atom. The van der Waals surface area contributed by atoms with Gasteiger partial charge in [0.05, 0.1) is 4.92 Å². The van der Waals surface area contributed by atoms with Crippen molar-refractivity contribution in [3.8, 4) is 0 Å². The molecule has 1 heterocycles. The van der Waals surface area contributed by atoms with Crippen LogP contribution in [-0.2, 0) is 46.6 Å². The molecule has 1 aromatic rings. The minimum absolute atomic E-state index is 0. The number of esters is 1. The molecule has 12 heteroatoms. The molecule has 0 bridgehead atoms. The Morgan fingerprint density at radius 3 is 2.06 bits per heavy atom. The van der Waals surface area contributed by atoms with E-state index in [1.54, 1.807) is 12.1 Å². The molecule has 11 nitrogen and oxygen atoms in total. The van der Waals surface area contributed by atoms with E-state index in [0.29, 0.717) is 19.3 Å². The number of benzene rings is 1. The van der Waals surface area contributed by atoms with Crippen molar-refractivity contribution in [3.63, 3.8) is 0 Å². The standard InChI is InChI=1S/C17H17NO6.C6H14N2.2H2O.Pt/c1-11-10-15(20)16(17(21)24-11)14(19)5-3-2-4-12-6-8-13(9-7-12)18(22)23;7-5-3-1-2-4-6(5)8;;;/h6-10,16H,2-5H2,1H3;5-6H,1-4,7-8H2;2*1H2;/t;5-,6-;;;/m.1.../s1. The van der Waals surface area contributed by atoms with Gasteiger partial charge in [0.15, 0.2) is 17.5 Å². The molecule has 1 fully saturated rings. The molecule has 1 unspecified atom stereocenters. The van der Waals surface area contributed by atoms with E-state index >= 15 is 0 Å². The number of nitrogens with zero attached hydrogens (tertiary/aromatic N) is 1. The zero-order valence-corrected chi connectivity index (χ0v) is 21.9. The quantitative estimate of drug-likeness (QED) is 0.140. The summed E-state index contributed by atoms with van der Waals surface area (Å²) in [6.07, 6.45) is 7.94. The molecule has 8 N–H and O–H groups in total. The first-order valence-corrected chi connectivity index (χ1v) is 10.9. The van der Waals surface area contributed by atoms with Gasteiger partial charge in [-0.3, -0.25) is 24.5 Å². The van der Waals surface area contributed by atoms with Gasteiger partial charge in [0.25, 0.3) is 5.69 Å². The molecule has 1 aromatic carbocycles. The molecule has 0 amide bonds. The van der Waals surface area contributed by atoms with Crippen LogP contribution in [0, 0.1) is 16.0 Å². The van der Waals surface area contributed by atoms with E-state index in [-0.39, 0.29) is 62.0 Å². The molecule has 35 heavy (non-hydrogen) atoms. The van der Waals surface area contributed by atoms with Gasteiger partial charge >= 0.3 is 5.97 Å². The summed E-state index contributed by atoms with van der Waals surface area (Å²) in [4.78, 5) is 45.5. The van der Waals surface area contributed by atoms with Crippen LogP contribution in [0.3, 0.4) is 0 Å². The molecule has 200 valence electrons. The minimum atomic E-state index is -1.34. The Labute approximate surface area is 218 Å². The molecule has 1 aliphatic heterocycles. The van der Waals surface area contributed by atoms with Crippen LogP contribution in [0.2, 0.25) is 0 Å². The van der Waals surface area contributed by atoms with Gasteiger partial charge in [-0.1, -0.05) is 25.0 Å². The van der Waals surface area contributed by atoms with Gasteiger partial charge in [-0.05, 0) is 44.6 Å². The van der Waals surface area contributed by atoms with Crippen LogP contribution in [0.5, 0.6) is 0 Å². The number of rotatable bonds is 7. The molecular formula is C23H35N3O8Pt. The number of carbonyl (C=O) groups is 3. The largest absolute Gasteiger partial charge is 0.430 e. The molecule has 3 atom stereocenters. The molecule has 0 spiro atoms. The number of unbranched alkanes of at least 4 members (excludes halogenated alkanes) is 1. The first-order valence-electron chi connectivity index (χ1n) is 10.9. The van der Waals surface area contributed by atoms with Crippen LogP contribution in [0.4, 0.5) is 5.69 Å². The zero-order valence-electron chi connectivity index (χ0n) is 19.6. The predicted molar refractivity (Wildman–Crippen MR) is 126 cm³/mol. The smallest absolute Gasteiger partial charge is 0.329 e. The SMILES string of the molecule is CC1=CC(=O)C(C(=O)CCCCc2ccc([N+](=O)[O-])cc2)C(=O)O1.N[C@@H]1CCCC[C@H]1N.O.O.[Pt]. The number of non-ortho nitro benzene ring substituents is 1. The predicted octanol–water partition coefficient (Wildman–Crippen LogP) is 1.09. The van der Waals surface area contributed by atoms with Crippen LogP contribution in [0.25, 0.3) is 0 Å². The number of nitro benzene ring substituents is 1. The maximum atomic E-state index is 12.0. The van der Waals surface area contributed by atoms with Crippen molar-refractivity contribution in [1.29, 1.82) is 0 Å². The second kappa shape index (κ2) is 17.2. The molecule has 3 rings (SSSR count). The first kappa shape index (κ1) is 34.9. The van der Waals surface area contributed by atoms with Gasteiger partial charge in [-0.2, -0.15) is 0 Å². The number of allylic oxidation sites excluding steroid dienone is 2. The Bertz CT molecular complexity index is 866. The topological polar surface area (TPSA) is 219 Å². The number of hydrogen-bond donors (Lipinski definition) is 2. The Morgan fingerprint density at radius 2 is 1.60 bits per heavy atom. The van der Waals surface area contributed by atoms with Crippen molar-refractivity contribution in [2.75, 3.05) is 0 Å². The summed E-state index contributed by atoms with van der Waals surface area (Å²) in [6, 6.07) is 6.79. The first-order chi connectivity index (χ1) is 15.2. The molecule has 0 saturated heterocycles. The van der Waals surface area contributed by atoms with Gasteiger partial charge in [-0.15, -0.1) is 0 Å². The van der Waals surface area contributed by atoms with Crippen LogP contribution in [0.15, 0.2) is 36.1 Å². The van der Waals surface area contributed by atoms with Crippen molar-refractivity contribution in [1.82, 2.24) is 0 Å². The van der Waals surface area contributed by atoms with E-state index in [0.717, 1.165) is 18.4 Å². The van der Waals surface area contributed by atoms with E-state index in [1.165, 1.54) is 38.0 Å². The van der Waals surface area contributed by atoms with E-state index < -0.39 is 28.4 Å². The fraction of sp³-hybridized carbons (Fsp3) is 0.522. The second-order valence-corrected chi connectivity index (χ2v) is 8.22. The average molecular weight is 677 g/mol. The number of ether oxygens (including phenoxy) is 1. The fourth-order valence-corrected chi connectivity index (χ4v) is 3.68. The maximum absolute atomic E-state index is 12.0. The number of ketones is 2. The van der Waals surface area contributed by atoms with Crippen LogP contribution >= 0.6 is 0 Å². The minimum Gasteiger partial charge on any atom is -0.430 e. The third-order valence-electron chi connectivity index (χ3n) is 5.61. The van der Waals surface area contributed by atoms with Crippen LogP contribution in [-0.4, -0.2) is 45.5 Å². The molecule has 0 radical (unpaired) electrons. The van der Waals surface area contributed by atoms with Gasteiger partial charge < -0.3 is 27.2 Å². The van der Waals surface area contributed by atoms with E-state index in [1.807, 2.05) is 0 Å².